The third kappa shape index (κ3) is 3.09. The highest BCUT2D eigenvalue weighted by Gasteiger charge is 2.23. The number of nitrogens with zero attached hydrogens (tertiary/aromatic N) is 2. The average Bonchev–Trinajstić information content (AvgIpc) is 3.04. The van der Waals surface area contributed by atoms with Gasteiger partial charge in [0.1, 0.15) is 5.82 Å². The zero-order chi connectivity index (χ0) is 15.5. The van der Waals surface area contributed by atoms with E-state index in [1.165, 1.54) is 24.0 Å². The highest BCUT2D eigenvalue weighted by molar-refractivity contribution is 5.56. The van der Waals surface area contributed by atoms with Crippen molar-refractivity contribution in [3.63, 3.8) is 0 Å². The number of hydrogen-bond donors (Lipinski definition) is 0. The minimum absolute atomic E-state index is 0.438. The minimum Gasteiger partial charge on any atom is -0.381 e. The van der Waals surface area contributed by atoms with Gasteiger partial charge in [0.05, 0.1) is 6.10 Å². The van der Waals surface area contributed by atoms with E-state index < -0.39 is 0 Å². The first-order valence-corrected chi connectivity index (χ1v) is 8.35. The lowest BCUT2D eigenvalue weighted by molar-refractivity contribution is 0.0586. The van der Waals surface area contributed by atoms with Gasteiger partial charge in [-0.25, -0.2) is 4.98 Å². The molecule has 0 atom stereocenters. The fourth-order valence-electron chi connectivity index (χ4n) is 3.41. The Kier molecular flexibility index (Phi) is 4.63. The monoisotopic (exact) mass is 298 g/mol. The zero-order valence-electron chi connectivity index (χ0n) is 13.8. The standard InChI is InChI=1S/C19H26N2O/c1-14(2)15-4-6-16(7-5-15)19-20-12-13-21(19)17-8-10-18(22-3)11-9-17/h4-7,12-14,17-18H,8-11H2,1-3H3. The second-order valence-electron chi connectivity index (χ2n) is 6.60. The first-order valence-electron chi connectivity index (χ1n) is 8.35. The number of benzene rings is 1. The third-order valence-electron chi connectivity index (χ3n) is 4.87. The highest BCUT2D eigenvalue weighted by Crippen LogP contribution is 2.33. The second kappa shape index (κ2) is 6.66. The van der Waals surface area contributed by atoms with Gasteiger partial charge >= 0.3 is 0 Å². The Labute approximate surface area is 133 Å². The predicted molar refractivity (Wildman–Crippen MR) is 90.1 cm³/mol. The van der Waals surface area contributed by atoms with Crippen LogP contribution in [0.1, 0.15) is 57.1 Å². The van der Waals surface area contributed by atoms with E-state index in [0.717, 1.165) is 18.7 Å². The Balaban J connectivity index is 1.80. The van der Waals surface area contributed by atoms with Crippen molar-refractivity contribution >= 4 is 0 Å². The molecule has 0 spiro atoms. The first kappa shape index (κ1) is 15.3. The van der Waals surface area contributed by atoms with Crippen molar-refractivity contribution in [1.29, 1.82) is 0 Å². The largest absolute Gasteiger partial charge is 0.381 e. The summed E-state index contributed by atoms with van der Waals surface area (Å²) in [6, 6.07) is 9.40. The van der Waals surface area contributed by atoms with E-state index >= 15 is 0 Å². The number of rotatable bonds is 4. The SMILES string of the molecule is COC1CCC(n2ccnc2-c2ccc(C(C)C)cc2)CC1. The smallest absolute Gasteiger partial charge is 0.140 e. The van der Waals surface area contributed by atoms with E-state index in [-0.39, 0.29) is 0 Å². The van der Waals surface area contributed by atoms with Crippen LogP contribution < -0.4 is 0 Å². The molecule has 2 aromatic rings. The molecule has 1 saturated carbocycles. The molecule has 0 N–H and O–H groups in total. The molecule has 22 heavy (non-hydrogen) atoms. The fourth-order valence-corrected chi connectivity index (χ4v) is 3.41. The molecule has 1 aromatic carbocycles. The van der Waals surface area contributed by atoms with Gasteiger partial charge in [0.15, 0.2) is 0 Å². The van der Waals surface area contributed by atoms with Crippen molar-refractivity contribution in [1.82, 2.24) is 9.55 Å². The molecule has 0 unspecified atom stereocenters. The van der Waals surface area contributed by atoms with Crippen LogP contribution in [0.3, 0.4) is 0 Å². The summed E-state index contributed by atoms with van der Waals surface area (Å²) in [6.07, 6.45) is 9.12. The molecule has 1 heterocycles. The Morgan fingerprint density at radius 2 is 1.77 bits per heavy atom. The Morgan fingerprint density at radius 3 is 2.36 bits per heavy atom. The quantitative estimate of drug-likeness (QED) is 0.810. The van der Waals surface area contributed by atoms with Gasteiger partial charge in [-0.05, 0) is 37.2 Å². The molecule has 3 heteroatoms. The van der Waals surface area contributed by atoms with E-state index in [9.17, 15) is 0 Å². The summed E-state index contributed by atoms with van der Waals surface area (Å²) in [5.74, 6) is 1.66. The summed E-state index contributed by atoms with van der Waals surface area (Å²) in [7, 11) is 1.82. The molecule has 0 radical (unpaired) electrons. The first-order chi connectivity index (χ1) is 10.7. The Bertz CT molecular complexity index is 592. The number of methoxy groups -OCH3 is 1. The van der Waals surface area contributed by atoms with Crippen LogP contribution in [0.4, 0.5) is 0 Å². The van der Waals surface area contributed by atoms with Crippen molar-refractivity contribution in [3.8, 4) is 11.4 Å². The van der Waals surface area contributed by atoms with E-state index in [4.69, 9.17) is 4.74 Å². The summed E-state index contributed by atoms with van der Waals surface area (Å²) < 4.78 is 7.84. The lowest BCUT2D eigenvalue weighted by atomic mass is 9.92. The fraction of sp³-hybridized carbons (Fsp3) is 0.526. The summed E-state index contributed by atoms with van der Waals surface area (Å²) in [5.41, 5.74) is 2.59. The predicted octanol–water partition coefficient (Wildman–Crippen LogP) is 4.80. The van der Waals surface area contributed by atoms with Crippen molar-refractivity contribution in [2.24, 2.45) is 0 Å². The molecule has 0 bridgehead atoms. The molecule has 0 aliphatic heterocycles. The number of hydrogen-bond acceptors (Lipinski definition) is 2. The number of ether oxygens (including phenoxy) is 1. The molecular weight excluding hydrogens is 272 g/mol. The van der Waals surface area contributed by atoms with E-state index in [1.54, 1.807) is 0 Å². The van der Waals surface area contributed by atoms with E-state index in [1.807, 2.05) is 13.3 Å². The lowest BCUT2D eigenvalue weighted by Gasteiger charge is -2.29. The molecule has 3 nitrogen and oxygen atoms in total. The third-order valence-corrected chi connectivity index (χ3v) is 4.87. The molecule has 3 rings (SSSR count). The van der Waals surface area contributed by atoms with Gasteiger partial charge in [-0.3, -0.25) is 0 Å². The van der Waals surface area contributed by atoms with Crippen molar-refractivity contribution in [3.05, 3.63) is 42.2 Å². The van der Waals surface area contributed by atoms with Gasteiger partial charge in [-0.1, -0.05) is 38.1 Å². The van der Waals surface area contributed by atoms with Crippen LogP contribution in [0.15, 0.2) is 36.7 Å². The Hall–Kier alpha value is -1.61. The molecule has 1 aromatic heterocycles. The maximum atomic E-state index is 5.48. The lowest BCUT2D eigenvalue weighted by Crippen LogP contribution is -2.22. The number of aromatic nitrogens is 2. The second-order valence-corrected chi connectivity index (χ2v) is 6.60. The maximum Gasteiger partial charge on any atom is 0.140 e. The van der Waals surface area contributed by atoms with Crippen molar-refractivity contribution in [2.45, 2.75) is 57.6 Å². The number of imidazole rings is 1. The molecule has 1 aliphatic rings. The van der Waals surface area contributed by atoms with Crippen molar-refractivity contribution in [2.75, 3.05) is 7.11 Å². The zero-order valence-corrected chi connectivity index (χ0v) is 13.8. The molecule has 0 saturated heterocycles. The average molecular weight is 298 g/mol. The summed E-state index contributed by atoms with van der Waals surface area (Å²) >= 11 is 0. The molecule has 0 amide bonds. The summed E-state index contributed by atoms with van der Waals surface area (Å²) in [4.78, 5) is 4.61. The van der Waals surface area contributed by atoms with Crippen LogP contribution in [0.25, 0.3) is 11.4 Å². The molecule has 1 aliphatic carbocycles. The minimum atomic E-state index is 0.438. The molecule has 118 valence electrons. The van der Waals surface area contributed by atoms with Crippen LogP contribution in [-0.4, -0.2) is 22.8 Å². The normalized spacial score (nSPS) is 22.2. The van der Waals surface area contributed by atoms with Gasteiger partial charge in [0.2, 0.25) is 0 Å². The van der Waals surface area contributed by atoms with Gasteiger partial charge < -0.3 is 9.30 Å². The van der Waals surface area contributed by atoms with Crippen LogP contribution in [0.5, 0.6) is 0 Å². The molecule has 1 fully saturated rings. The van der Waals surface area contributed by atoms with Crippen LogP contribution in [0.2, 0.25) is 0 Å². The topological polar surface area (TPSA) is 27.1 Å². The van der Waals surface area contributed by atoms with Gasteiger partial charge in [0, 0.05) is 31.1 Å². The van der Waals surface area contributed by atoms with Gasteiger partial charge in [0.25, 0.3) is 0 Å². The highest BCUT2D eigenvalue weighted by atomic mass is 16.5. The summed E-state index contributed by atoms with van der Waals surface area (Å²) in [5, 5.41) is 0. The van der Waals surface area contributed by atoms with Gasteiger partial charge in [-0.15, -0.1) is 0 Å². The van der Waals surface area contributed by atoms with E-state index in [0.29, 0.717) is 18.1 Å². The maximum absolute atomic E-state index is 5.48. The summed E-state index contributed by atoms with van der Waals surface area (Å²) in [6.45, 7) is 4.45. The molecular formula is C19H26N2O. The van der Waals surface area contributed by atoms with Gasteiger partial charge in [-0.2, -0.15) is 0 Å². The van der Waals surface area contributed by atoms with E-state index in [2.05, 4.69) is 53.9 Å². The van der Waals surface area contributed by atoms with Crippen LogP contribution in [-0.2, 0) is 4.74 Å². The van der Waals surface area contributed by atoms with Crippen molar-refractivity contribution < 1.29 is 4.74 Å². The van der Waals surface area contributed by atoms with Crippen LogP contribution in [0, 0.1) is 0 Å². The van der Waals surface area contributed by atoms with Crippen LogP contribution >= 0.6 is 0 Å². The Morgan fingerprint density at radius 1 is 1.09 bits per heavy atom.